The first-order valence-electron chi connectivity index (χ1n) is 8.11. The molecule has 130 valence electrons. The number of hydrogen-bond donors (Lipinski definition) is 3. The highest BCUT2D eigenvalue weighted by atomic mass is 32.2. The Hall–Kier alpha value is -1.20. The van der Waals surface area contributed by atoms with E-state index >= 15 is 0 Å². The zero-order chi connectivity index (χ0) is 17.5. The van der Waals surface area contributed by atoms with Crippen LogP contribution in [-0.2, 0) is 5.75 Å². The monoisotopic (exact) mass is 338 g/mol. The van der Waals surface area contributed by atoms with Crippen molar-refractivity contribution >= 4 is 23.5 Å². The third-order valence-corrected chi connectivity index (χ3v) is 4.51. The van der Waals surface area contributed by atoms with Crippen molar-refractivity contribution in [2.75, 3.05) is 11.9 Å². The van der Waals surface area contributed by atoms with E-state index in [9.17, 15) is 9.90 Å². The van der Waals surface area contributed by atoms with Gasteiger partial charge in [-0.25, -0.2) is 4.79 Å². The average Bonchev–Trinajstić information content (AvgIpc) is 2.42. The molecule has 0 heterocycles. The Morgan fingerprint density at radius 2 is 2.00 bits per heavy atom. The number of hydrogen-bond acceptors (Lipinski definition) is 3. The van der Waals surface area contributed by atoms with Crippen LogP contribution in [0.1, 0.15) is 46.6 Å². The smallest absolute Gasteiger partial charge is 0.319 e. The van der Waals surface area contributed by atoms with Crippen molar-refractivity contribution in [1.82, 2.24) is 5.32 Å². The number of aliphatic hydroxyl groups excluding tert-OH is 1. The minimum atomic E-state index is -0.370. The van der Waals surface area contributed by atoms with Crippen LogP contribution in [0.5, 0.6) is 0 Å². The molecule has 3 N–H and O–H groups in total. The molecule has 1 atom stereocenters. The fourth-order valence-electron chi connectivity index (χ4n) is 2.37. The van der Waals surface area contributed by atoms with Gasteiger partial charge in [-0.05, 0) is 41.7 Å². The molecular weight excluding hydrogens is 308 g/mol. The number of benzene rings is 1. The van der Waals surface area contributed by atoms with E-state index in [0.717, 1.165) is 11.4 Å². The van der Waals surface area contributed by atoms with Crippen molar-refractivity contribution in [3.05, 3.63) is 29.8 Å². The third-order valence-electron chi connectivity index (χ3n) is 3.34. The number of urea groups is 1. The summed E-state index contributed by atoms with van der Waals surface area (Å²) in [6, 6.07) is 7.73. The SMILES string of the molecule is CC(O)CC(C)(C)CNC(=O)Nc1cccc(CSC(C)C)c1. The molecule has 0 aliphatic carbocycles. The summed E-state index contributed by atoms with van der Waals surface area (Å²) in [7, 11) is 0. The minimum Gasteiger partial charge on any atom is -0.393 e. The van der Waals surface area contributed by atoms with Gasteiger partial charge in [0.05, 0.1) is 6.10 Å². The molecule has 23 heavy (non-hydrogen) atoms. The topological polar surface area (TPSA) is 61.4 Å². The quantitative estimate of drug-likeness (QED) is 0.664. The lowest BCUT2D eigenvalue weighted by Crippen LogP contribution is -2.38. The molecule has 0 aliphatic rings. The normalized spacial score (nSPS) is 13.0. The zero-order valence-electron chi connectivity index (χ0n) is 14.8. The molecule has 0 aromatic heterocycles. The Labute approximate surface area is 144 Å². The molecular formula is C18H30N2O2S. The van der Waals surface area contributed by atoms with Gasteiger partial charge < -0.3 is 15.7 Å². The Kier molecular flexibility index (Phi) is 7.92. The van der Waals surface area contributed by atoms with Gasteiger partial charge in [-0.1, -0.05) is 39.8 Å². The molecule has 1 aromatic rings. The largest absolute Gasteiger partial charge is 0.393 e. The standard InChI is InChI=1S/C18H30N2O2S/c1-13(2)23-11-15-7-6-8-16(9-15)20-17(22)19-12-18(4,5)10-14(3)21/h6-9,13-14,21H,10-12H2,1-5H3,(H2,19,20,22). The molecule has 0 radical (unpaired) electrons. The van der Waals surface area contributed by atoms with E-state index in [1.165, 1.54) is 5.56 Å². The fourth-order valence-corrected chi connectivity index (χ4v) is 3.07. The number of amides is 2. The van der Waals surface area contributed by atoms with Crippen molar-refractivity contribution in [3.63, 3.8) is 0 Å². The van der Waals surface area contributed by atoms with Gasteiger partial charge >= 0.3 is 6.03 Å². The average molecular weight is 339 g/mol. The molecule has 0 saturated heterocycles. The zero-order valence-corrected chi connectivity index (χ0v) is 15.7. The maximum absolute atomic E-state index is 12.0. The molecule has 0 fully saturated rings. The Morgan fingerprint density at radius 1 is 1.30 bits per heavy atom. The van der Waals surface area contributed by atoms with Gasteiger partial charge in [0, 0.05) is 18.0 Å². The highest BCUT2D eigenvalue weighted by molar-refractivity contribution is 7.99. The lowest BCUT2D eigenvalue weighted by atomic mass is 9.87. The van der Waals surface area contributed by atoms with Gasteiger partial charge in [0.25, 0.3) is 0 Å². The highest BCUT2D eigenvalue weighted by Crippen LogP contribution is 2.22. The van der Waals surface area contributed by atoms with Crippen molar-refractivity contribution in [2.24, 2.45) is 5.41 Å². The van der Waals surface area contributed by atoms with E-state index in [1.807, 2.05) is 43.8 Å². The van der Waals surface area contributed by atoms with E-state index in [-0.39, 0.29) is 17.6 Å². The van der Waals surface area contributed by atoms with Crippen LogP contribution < -0.4 is 10.6 Å². The lowest BCUT2D eigenvalue weighted by molar-refractivity contribution is 0.129. The lowest BCUT2D eigenvalue weighted by Gasteiger charge is -2.26. The second-order valence-corrected chi connectivity index (χ2v) is 8.65. The fraction of sp³-hybridized carbons (Fsp3) is 0.611. The summed E-state index contributed by atoms with van der Waals surface area (Å²) < 4.78 is 0. The van der Waals surface area contributed by atoms with Crippen LogP contribution >= 0.6 is 11.8 Å². The summed E-state index contributed by atoms with van der Waals surface area (Å²) in [5, 5.41) is 15.8. The van der Waals surface area contributed by atoms with Crippen LogP contribution in [0, 0.1) is 5.41 Å². The molecule has 4 nitrogen and oxygen atoms in total. The molecule has 0 saturated carbocycles. The van der Waals surface area contributed by atoms with Crippen LogP contribution in [-0.4, -0.2) is 29.0 Å². The Bertz CT molecular complexity index is 502. The van der Waals surface area contributed by atoms with E-state index in [0.29, 0.717) is 18.2 Å². The highest BCUT2D eigenvalue weighted by Gasteiger charge is 2.21. The van der Waals surface area contributed by atoms with E-state index < -0.39 is 0 Å². The molecule has 1 unspecified atom stereocenters. The molecule has 0 aliphatic heterocycles. The van der Waals surface area contributed by atoms with Gasteiger partial charge in [0.15, 0.2) is 0 Å². The summed E-state index contributed by atoms with van der Waals surface area (Å²) in [6.07, 6.45) is 0.278. The van der Waals surface area contributed by atoms with Crippen molar-refractivity contribution < 1.29 is 9.90 Å². The molecule has 1 aromatic carbocycles. The second-order valence-electron chi connectivity index (χ2n) is 7.09. The number of anilines is 1. The van der Waals surface area contributed by atoms with Crippen LogP contribution in [0.25, 0.3) is 0 Å². The Balaban J connectivity index is 2.49. The minimum absolute atomic E-state index is 0.138. The summed E-state index contributed by atoms with van der Waals surface area (Å²) in [5.74, 6) is 0.941. The third kappa shape index (κ3) is 8.86. The van der Waals surface area contributed by atoms with Crippen molar-refractivity contribution in [3.8, 4) is 0 Å². The van der Waals surface area contributed by atoms with Crippen LogP contribution in [0.4, 0.5) is 10.5 Å². The molecule has 1 rings (SSSR count). The number of nitrogens with one attached hydrogen (secondary N) is 2. The summed E-state index contributed by atoms with van der Waals surface area (Å²) in [6.45, 7) is 10.7. The number of thioether (sulfide) groups is 1. The van der Waals surface area contributed by atoms with Crippen molar-refractivity contribution in [1.29, 1.82) is 0 Å². The molecule has 0 bridgehead atoms. The van der Waals surface area contributed by atoms with Crippen LogP contribution in [0.3, 0.4) is 0 Å². The first-order chi connectivity index (χ1) is 10.7. The van der Waals surface area contributed by atoms with E-state index in [4.69, 9.17) is 0 Å². The van der Waals surface area contributed by atoms with Gasteiger partial charge in [0.1, 0.15) is 0 Å². The second kappa shape index (κ2) is 9.18. The van der Waals surface area contributed by atoms with Crippen LogP contribution in [0.15, 0.2) is 24.3 Å². The van der Waals surface area contributed by atoms with Gasteiger partial charge in [-0.3, -0.25) is 0 Å². The van der Waals surface area contributed by atoms with Gasteiger partial charge in [0.2, 0.25) is 0 Å². The van der Waals surface area contributed by atoms with Gasteiger partial charge in [-0.2, -0.15) is 11.8 Å². The molecule has 5 heteroatoms. The summed E-state index contributed by atoms with van der Waals surface area (Å²) in [4.78, 5) is 12.0. The van der Waals surface area contributed by atoms with Crippen LogP contribution in [0.2, 0.25) is 0 Å². The number of carbonyl (C=O) groups excluding carboxylic acids is 1. The summed E-state index contributed by atoms with van der Waals surface area (Å²) in [5.41, 5.74) is 1.87. The van der Waals surface area contributed by atoms with Gasteiger partial charge in [-0.15, -0.1) is 0 Å². The maximum atomic E-state index is 12.0. The van der Waals surface area contributed by atoms with E-state index in [2.05, 4.69) is 30.5 Å². The van der Waals surface area contributed by atoms with E-state index in [1.54, 1.807) is 6.92 Å². The Morgan fingerprint density at radius 3 is 2.61 bits per heavy atom. The first-order valence-corrected chi connectivity index (χ1v) is 9.16. The number of carbonyl (C=O) groups is 1. The molecule has 2 amide bonds. The predicted octanol–water partition coefficient (Wildman–Crippen LogP) is 4.25. The predicted molar refractivity (Wildman–Crippen MR) is 100.0 cm³/mol. The maximum Gasteiger partial charge on any atom is 0.319 e. The van der Waals surface area contributed by atoms with Crippen molar-refractivity contribution in [2.45, 2.75) is 58.1 Å². The summed E-state index contributed by atoms with van der Waals surface area (Å²) >= 11 is 1.88. The molecule has 0 spiro atoms. The first kappa shape index (κ1) is 19.8. The number of rotatable bonds is 8. The number of aliphatic hydroxyl groups is 1.